The van der Waals surface area contributed by atoms with Crippen LogP contribution in [0.3, 0.4) is 0 Å². The molecule has 0 unspecified atom stereocenters. The predicted octanol–water partition coefficient (Wildman–Crippen LogP) is 3.02. The number of amides is 1. The van der Waals surface area contributed by atoms with Crippen molar-refractivity contribution in [3.05, 3.63) is 46.2 Å². The van der Waals surface area contributed by atoms with Gasteiger partial charge in [0.05, 0.1) is 10.6 Å². The van der Waals surface area contributed by atoms with Crippen LogP contribution in [0.4, 0.5) is 4.79 Å². The maximum absolute atomic E-state index is 13.2. The molecule has 0 atom stereocenters. The van der Waals surface area contributed by atoms with Crippen molar-refractivity contribution in [3.63, 3.8) is 0 Å². The van der Waals surface area contributed by atoms with Crippen LogP contribution in [-0.2, 0) is 27.7 Å². The van der Waals surface area contributed by atoms with Gasteiger partial charge in [0.25, 0.3) is 5.56 Å². The molecule has 1 amide bonds. The molecular weight excluding hydrogens is 468 g/mol. The number of piperazine rings is 1. The third-order valence-corrected chi connectivity index (χ3v) is 6.71. The Morgan fingerprint density at radius 1 is 1.09 bits per heavy atom. The Hall–Kier alpha value is -2.72. The molecule has 1 aliphatic rings. The summed E-state index contributed by atoms with van der Waals surface area (Å²) in [6.07, 6.45) is 0.851. The molecule has 10 heteroatoms. The molecule has 0 bridgehead atoms. The molecule has 1 saturated heterocycles. The highest BCUT2D eigenvalue weighted by Gasteiger charge is 2.26. The molecule has 9 nitrogen and oxygen atoms in total. The summed E-state index contributed by atoms with van der Waals surface area (Å²) in [6, 6.07) is 8.33. The van der Waals surface area contributed by atoms with E-state index in [1.807, 2.05) is 34.6 Å². The first kappa shape index (κ1) is 26.9. The lowest BCUT2D eigenvalue weighted by Gasteiger charge is -2.35. The first-order valence-corrected chi connectivity index (χ1v) is 13.7. The zero-order chi connectivity index (χ0) is 26.0. The minimum Gasteiger partial charge on any atom is -0.444 e. The highest BCUT2D eigenvalue weighted by Crippen LogP contribution is 2.21. The predicted molar refractivity (Wildman–Crippen MR) is 135 cm³/mol. The third-order valence-electron chi connectivity index (χ3n) is 5.58. The summed E-state index contributed by atoms with van der Waals surface area (Å²) in [7, 11) is -3.30. The Labute approximate surface area is 207 Å². The summed E-state index contributed by atoms with van der Waals surface area (Å²) < 4.78 is 30.6. The van der Waals surface area contributed by atoms with Gasteiger partial charge in [-0.25, -0.2) is 17.9 Å². The van der Waals surface area contributed by atoms with Crippen molar-refractivity contribution in [1.29, 1.82) is 0 Å². The molecule has 2 heterocycles. The van der Waals surface area contributed by atoms with Gasteiger partial charge >= 0.3 is 6.09 Å². The van der Waals surface area contributed by atoms with Gasteiger partial charge in [0.1, 0.15) is 5.60 Å². The number of carbonyl (C=O) groups is 1. The van der Waals surface area contributed by atoms with Crippen molar-refractivity contribution < 1.29 is 17.9 Å². The fourth-order valence-corrected chi connectivity index (χ4v) is 4.48. The number of rotatable bonds is 6. The Bertz CT molecular complexity index is 1210. The molecule has 1 aliphatic heterocycles. The van der Waals surface area contributed by atoms with E-state index in [4.69, 9.17) is 4.74 Å². The summed E-state index contributed by atoms with van der Waals surface area (Å²) in [6.45, 7) is 12.8. The van der Waals surface area contributed by atoms with E-state index in [0.717, 1.165) is 5.56 Å². The largest absolute Gasteiger partial charge is 0.444 e. The standard InChI is InChI=1S/C25H36N4O5S/c1-18(2)16-29-23(30)20(15-22(26-29)19-7-9-21(10-8-19)35(6,32)33)17-27-11-13-28(14-12-27)24(31)34-25(3,4)5/h7-10,15,18H,11-14,16-17H2,1-6H3. The average Bonchev–Trinajstić information content (AvgIpc) is 2.75. The van der Waals surface area contributed by atoms with Crippen LogP contribution in [-0.4, -0.2) is 72.1 Å². The van der Waals surface area contributed by atoms with E-state index in [1.54, 1.807) is 35.2 Å². The second kappa shape index (κ2) is 10.5. The summed E-state index contributed by atoms with van der Waals surface area (Å²) in [4.78, 5) is 29.6. The molecule has 0 spiro atoms. The van der Waals surface area contributed by atoms with Crippen molar-refractivity contribution in [3.8, 4) is 11.3 Å². The van der Waals surface area contributed by atoms with Crippen molar-refractivity contribution in [2.24, 2.45) is 5.92 Å². The smallest absolute Gasteiger partial charge is 0.410 e. The van der Waals surface area contributed by atoms with Gasteiger partial charge in [0, 0.05) is 56.7 Å². The zero-order valence-electron chi connectivity index (χ0n) is 21.4. The topological polar surface area (TPSA) is 102 Å². The molecule has 2 aromatic rings. The van der Waals surface area contributed by atoms with Crippen molar-refractivity contribution in [1.82, 2.24) is 19.6 Å². The van der Waals surface area contributed by atoms with E-state index >= 15 is 0 Å². The maximum atomic E-state index is 13.2. The number of ether oxygens (including phenoxy) is 1. The van der Waals surface area contributed by atoms with Crippen LogP contribution in [0.1, 0.15) is 40.2 Å². The fraction of sp³-hybridized carbons (Fsp3) is 0.560. The number of carbonyl (C=O) groups excluding carboxylic acids is 1. The molecule has 0 N–H and O–H groups in total. The molecule has 0 saturated carbocycles. The normalized spacial score (nSPS) is 15.5. The first-order valence-electron chi connectivity index (χ1n) is 11.8. The quantitative estimate of drug-likeness (QED) is 0.596. The van der Waals surface area contributed by atoms with Crippen LogP contribution in [0.2, 0.25) is 0 Å². The molecule has 0 radical (unpaired) electrons. The lowest BCUT2D eigenvalue weighted by atomic mass is 10.1. The van der Waals surface area contributed by atoms with E-state index in [1.165, 1.54) is 10.9 Å². The Kier molecular flexibility index (Phi) is 8.06. The lowest BCUT2D eigenvalue weighted by Crippen LogP contribution is -2.50. The van der Waals surface area contributed by atoms with Crippen molar-refractivity contribution in [2.75, 3.05) is 32.4 Å². The Morgan fingerprint density at radius 3 is 2.20 bits per heavy atom. The minimum atomic E-state index is -3.30. The number of nitrogens with zero attached hydrogens (tertiary/aromatic N) is 4. The molecule has 0 aliphatic carbocycles. The van der Waals surface area contributed by atoms with Gasteiger partial charge in [0.15, 0.2) is 9.84 Å². The Balaban J connectivity index is 1.82. The van der Waals surface area contributed by atoms with Gasteiger partial charge in [-0.05, 0) is 44.9 Å². The SMILES string of the molecule is CC(C)Cn1nc(-c2ccc(S(C)(=O)=O)cc2)cc(CN2CCN(C(=O)OC(C)(C)C)CC2)c1=O. The van der Waals surface area contributed by atoms with E-state index in [2.05, 4.69) is 10.00 Å². The van der Waals surface area contributed by atoms with E-state index < -0.39 is 15.4 Å². The summed E-state index contributed by atoms with van der Waals surface area (Å²) in [5.74, 6) is 0.230. The molecule has 1 aromatic carbocycles. The summed E-state index contributed by atoms with van der Waals surface area (Å²) in [5, 5.41) is 4.56. The number of hydrogen-bond acceptors (Lipinski definition) is 7. The fourth-order valence-electron chi connectivity index (χ4n) is 3.85. The molecule has 1 aromatic heterocycles. The Morgan fingerprint density at radius 2 is 1.69 bits per heavy atom. The van der Waals surface area contributed by atoms with Crippen LogP contribution >= 0.6 is 0 Å². The second-order valence-corrected chi connectivity index (χ2v) is 12.5. The third kappa shape index (κ3) is 7.38. The monoisotopic (exact) mass is 504 g/mol. The highest BCUT2D eigenvalue weighted by atomic mass is 32.2. The van der Waals surface area contributed by atoms with Crippen LogP contribution in [0.5, 0.6) is 0 Å². The lowest BCUT2D eigenvalue weighted by molar-refractivity contribution is 0.0138. The number of benzene rings is 1. The zero-order valence-corrected chi connectivity index (χ0v) is 22.3. The maximum Gasteiger partial charge on any atom is 0.410 e. The van der Waals surface area contributed by atoms with Gasteiger partial charge < -0.3 is 9.64 Å². The summed E-state index contributed by atoms with van der Waals surface area (Å²) >= 11 is 0. The van der Waals surface area contributed by atoms with Gasteiger partial charge in [-0.2, -0.15) is 5.10 Å². The summed E-state index contributed by atoms with van der Waals surface area (Å²) in [5.41, 5.74) is 1.31. The van der Waals surface area contributed by atoms with Gasteiger partial charge in [0.2, 0.25) is 0 Å². The number of hydrogen-bond donors (Lipinski definition) is 0. The van der Waals surface area contributed by atoms with Crippen LogP contribution < -0.4 is 5.56 Å². The molecule has 3 rings (SSSR count). The molecule has 192 valence electrons. The molecular formula is C25H36N4O5S. The molecule has 35 heavy (non-hydrogen) atoms. The highest BCUT2D eigenvalue weighted by molar-refractivity contribution is 7.90. The second-order valence-electron chi connectivity index (χ2n) is 10.5. The number of aromatic nitrogens is 2. The van der Waals surface area contributed by atoms with E-state index in [-0.39, 0.29) is 22.5 Å². The average molecular weight is 505 g/mol. The minimum absolute atomic E-state index is 0.134. The van der Waals surface area contributed by atoms with E-state index in [0.29, 0.717) is 50.5 Å². The van der Waals surface area contributed by atoms with Gasteiger partial charge in [-0.3, -0.25) is 9.69 Å². The van der Waals surface area contributed by atoms with Gasteiger partial charge in [-0.1, -0.05) is 26.0 Å². The van der Waals surface area contributed by atoms with Crippen LogP contribution in [0.15, 0.2) is 40.0 Å². The molecule has 1 fully saturated rings. The van der Waals surface area contributed by atoms with Crippen molar-refractivity contribution >= 4 is 15.9 Å². The van der Waals surface area contributed by atoms with E-state index in [9.17, 15) is 18.0 Å². The first-order chi connectivity index (χ1) is 16.2. The van der Waals surface area contributed by atoms with Gasteiger partial charge in [-0.15, -0.1) is 0 Å². The van der Waals surface area contributed by atoms with Crippen molar-refractivity contribution in [2.45, 2.75) is 58.2 Å². The number of sulfone groups is 1. The van der Waals surface area contributed by atoms with Crippen LogP contribution in [0.25, 0.3) is 11.3 Å². The van der Waals surface area contributed by atoms with Crippen LogP contribution in [0, 0.1) is 5.92 Å².